The minimum absolute atomic E-state index is 0.0813. The largest absolute Gasteiger partial charge is 0.492 e. The Balaban J connectivity index is 1.34. The first-order chi connectivity index (χ1) is 19.3. The molecule has 0 spiro atoms. The van der Waals surface area contributed by atoms with Crippen LogP contribution < -0.4 is 5.32 Å². The minimum Gasteiger partial charge on any atom is -0.449 e. The second-order valence-electron chi connectivity index (χ2n) is 11.2. The lowest BCUT2D eigenvalue weighted by Gasteiger charge is -2.32. The Morgan fingerprint density at radius 2 is 1.51 bits per heavy atom. The summed E-state index contributed by atoms with van der Waals surface area (Å²) < 4.78 is 71.7. The van der Waals surface area contributed by atoms with Crippen LogP contribution in [0.15, 0.2) is 72.2 Å². The van der Waals surface area contributed by atoms with Crippen LogP contribution in [0.25, 0.3) is 17.2 Å². The van der Waals surface area contributed by atoms with Gasteiger partial charge in [0, 0.05) is 12.5 Å². The van der Waals surface area contributed by atoms with Crippen molar-refractivity contribution in [3.8, 4) is 11.1 Å². The molecule has 3 aromatic rings. The van der Waals surface area contributed by atoms with Gasteiger partial charge in [0.05, 0.1) is 16.8 Å². The summed E-state index contributed by atoms with van der Waals surface area (Å²) in [7, 11) is -0.965. The zero-order chi connectivity index (χ0) is 29.6. The Morgan fingerprint density at radius 1 is 0.951 bits per heavy atom. The highest BCUT2D eigenvalue weighted by molar-refractivity contribution is 6.56. The van der Waals surface area contributed by atoms with Gasteiger partial charge < -0.3 is 19.4 Å². The second-order valence-corrected chi connectivity index (χ2v) is 11.2. The Morgan fingerprint density at radius 3 is 2.07 bits per heavy atom. The van der Waals surface area contributed by atoms with Crippen molar-refractivity contribution in [1.82, 2.24) is 5.32 Å². The molecule has 41 heavy (non-hydrogen) atoms. The van der Waals surface area contributed by atoms with Crippen LogP contribution in [0.5, 0.6) is 0 Å². The summed E-state index contributed by atoms with van der Waals surface area (Å²) in [5.74, 6) is -1.50. The van der Waals surface area contributed by atoms with Crippen molar-refractivity contribution in [1.29, 1.82) is 0 Å². The first-order valence-electron chi connectivity index (χ1n) is 13.3. The van der Waals surface area contributed by atoms with Gasteiger partial charge >= 0.3 is 19.4 Å². The third-order valence-electron chi connectivity index (χ3n) is 7.98. The normalized spacial score (nSPS) is 17.8. The maximum Gasteiger partial charge on any atom is 0.492 e. The Kier molecular flexibility index (Phi) is 7.50. The minimum atomic E-state index is -4.86. The molecule has 0 radical (unpaired) electrons. The topological polar surface area (TPSA) is 56.8 Å². The lowest BCUT2D eigenvalue weighted by molar-refractivity contribution is -0.140. The molecule has 1 amide bonds. The first-order valence-corrected chi connectivity index (χ1v) is 13.3. The van der Waals surface area contributed by atoms with Crippen molar-refractivity contribution in [2.75, 3.05) is 13.2 Å². The molecule has 10 heteroatoms. The zero-order valence-electron chi connectivity index (χ0n) is 23.1. The number of carbonyl (C=O) groups excluding carboxylic acids is 1. The van der Waals surface area contributed by atoms with Gasteiger partial charge in [0.25, 0.3) is 0 Å². The van der Waals surface area contributed by atoms with E-state index >= 15 is 0 Å². The van der Waals surface area contributed by atoms with Crippen molar-refractivity contribution in [2.24, 2.45) is 0 Å². The first kappa shape index (κ1) is 28.9. The number of carbonyl (C=O) groups is 1. The molecular weight excluding hydrogens is 537 g/mol. The van der Waals surface area contributed by atoms with E-state index in [4.69, 9.17) is 14.0 Å². The number of alkyl halides is 3. The average Bonchev–Trinajstić information content (AvgIpc) is 3.34. The summed E-state index contributed by atoms with van der Waals surface area (Å²) in [6.45, 7) is 7.31. The molecule has 0 saturated carbocycles. The lowest BCUT2D eigenvalue weighted by atomic mass is 9.77. The van der Waals surface area contributed by atoms with E-state index in [1.165, 1.54) is 12.1 Å². The van der Waals surface area contributed by atoms with Crippen molar-refractivity contribution in [2.45, 2.75) is 51.0 Å². The smallest absolute Gasteiger partial charge is 0.449 e. The molecule has 1 heterocycles. The van der Waals surface area contributed by atoms with E-state index in [1.807, 2.05) is 76.2 Å². The number of alkyl carbamates (subject to hydrolysis) is 1. The van der Waals surface area contributed by atoms with E-state index in [1.54, 1.807) is 0 Å². The summed E-state index contributed by atoms with van der Waals surface area (Å²) in [6, 6.07) is 18.6. The summed E-state index contributed by atoms with van der Waals surface area (Å²) >= 11 is 0. The van der Waals surface area contributed by atoms with Gasteiger partial charge in [-0.3, -0.25) is 0 Å². The van der Waals surface area contributed by atoms with Gasteiger partial charge in [-0.25, -0.2) is 9.18 Å². The molecule has 1 aliphatic carbocycles. The van der Waals surface area contributed by atoms with Gasteiger partial charge in [0.2, 0.25) is 0 Å². The molecule has 1 saturated heterocycles. The summed E-state index contributed by atoms with van der Waals surface area (Å²) in [6.07, 6.45) is -4.16. The summed E-state index contributed by atoms with van der Waals surface area (Å²) in [5, 5.41) is 2.68. The maximum atomic E-state index is 13.9. The number of benzene rings is 3. The van der Waals surface area contributed by atoms with Crippen LogP contribution >= 0.6 is 0 Å². The van der Waals surface area contributed by atoms with Crippen LogP contribution in [-0.2, 0) is 20.2 Å². The van der Waals surface area contributed by atoms with Crippen LogP contribution in [0.4, 0.5) is 22.4 Å². The number of rotatable bonds is 6. The van der Waals surface area contributed by atoms with Gasteiger partial charge in [-0.1, -0.05) is 60.7 Å². The van der Waals surface area contributed by atoms with Gasteiger partial charge in [-0.2, -0.15) is 13.2 Å². The van der Waals surface area contributed by atoms with E-state index in [0.717, 1.165) is 28.3 Å². The van der Waals surface area contributed by atoms with Gasteiger partial charge in [0.15, 0.2) is 0 Å². The number of ether oxygens (including phenoxy) is 1. The van der Waals surface area contributed by atoms with Gasteiger partial charge in [0.1, 0.15) is 12.4 Å². The van der Waals surface area contributed by atoms with E-state index < -0.39 is 42.0 Å². The number of halogens is 4. The Hall–Kier alpha value is -3.63. The molecule has 0 atom stereocenters. The van der Waals surface area contributed by atoms with E-state index in [9.17, 15) is 22.4 Å². The number of amides is 1. The maximum absolute atomic E-state index is 13.9. The van der Waals surface area contributed by atoms with Crippen molar-refractivity contribution in [3.63, 3.8) is 0 Å². The molecule has 5 rings (SSSR count). The van der Waals surface area contributed by atoms with E-state index in [0.29, 0.717) is 11.5 Å². The lowest BCUT2D eigenvalue weighted by Crippen LogP contribution is -2.41. The van der Waals surface area contributed by atoms with Crippen molar-refractivity contribution in [3.05, 3.63) is 100 Å². The third kappa shape index (κ3) is 5.76. The molecule has 3 aromatic carbocycles. The fourth-order valence-electron chi connectivity index (χ4n) is 5.08. The SMILES string of the molecule is CC1(C)OB(C(=Cc2ccc(F)c(C(F)(F)F)c2)CNC(=O)OCC2c3ccccc3-c3ccccc32)OC1(C)C. The van der Waals surface area contributed by atoms with Gasteiger partial charge in [-0.05, 0) is 73.1 Å². The molecule has 214 valence electrons. The molecule has 0 bridgehead atoms. The van der Waals surface area contributed by atoms with Crippen LogP contribution in [0, 0.1) is 5.82 Å². The highest BCUT2D eigenvalue weighted by Crippen LogP contribution is 2.44. The second kappa shape index (κ2) is 10.7. The highest BCUT2D eigenvalue weighted by Gasteiger charge is 2.52. The van der Waals surface area contributed by atoms with E-state index in [-0.39, 0.29) is 24.6 Å². The number of hydrogen-bond donors (Lipinski definition) is 1. The van der Waals surface area contributed by atoms with E-state index in [2.05, 4.69) is 5.32 Å². The Bertz CT molecular complexity index is 1440. The fraction of sp³-hybridized carbons (Fsp3) is 0.323. The molecule has 5 nitrogen and oxygen atoms in total. The monoisotopic (exact) mass is 567 g/mol. The predicted molar refractivity (Wildman–Crippen MR) is 149 cm³/mol. The fourth-order valence-corrected chi connectivity index (χ4v) is 5.08. The molecule has 1 fully saturated rings. The quantitative estimate of drug-likeness (QED) is 0.249. The van der Waals surface area contributed by atoms with Gasteiger partial charge in [-0.15, -0.1) is 0 Å². The van der Waals surface area contributed by atoms with Crippen molar-refractivity contribution >= 4 is 19.3 Å². The molecular formula is C31H30BF4NO4. The predicted octanol–water partition coefficient (Wildman–Crippen LogP) is 7.40. The summed E-state index contributed by atoms with van der Waals surface area (Å²) in [5.41, 5.74) is 1.90. The Labute approximate surface area is 236 Å². The molecule has 1 aliphatic heterocycles. The molecule has 0 unspecified atom stereocenters. The molecule has 1 N–H and O–H groups in total. The average molecular weight is 567 g/mol. The van der Waals surface area contributed by atoms with Crippen LogP contribution in [-0.4, -0.2) is 37.6 Å². The third-order valence-corrected chi connectivity index (χ3v) is 7.98. The number of fused-ring (bicyclic) bond motifs is 3. The number of hydrogen-bond acceptors (Lipinski definition) is 4. The van der Waals surface area contributed by atoms with Crippen LogP contribution in [0.1, 0.15) is 55.9 Å². The van der Waals surface area contributed by atoms with Crippen LogP contribution in [0.3, 0.4) is 0 Å². The molecule has 0 aromatic heterocycles. The summed E-state index contributed by atoms with van der Waals surface area (Å²) in [4.78, 5) is 12.8. The number of nitrogens with one attached hydrogen (secondary N) is 1. The standard InChI is InChI=1S/C31H30BF4NO4/c1-29(2)30(3,4)41-32(40-29)20(15-19-13-14-27(33)26(16-19)31(34,35)36)17-37-28(38)39-18-25-23-11-7-5-9-21(23)22-10-6-8-12-24(22)25/h5-16,25H,17-18H2,1-4H3,(H,37,38). The zero-order valence-corrected chi connectivity index (χ0v) is 23.1. The van der Waals surface area contributed by atoms with Crippen molar-refractivity contribution < 1.29 is 36.4 Å². The molecule has 2 aliphatic rings. The van der Waals surface area contributed by atoms with Crippen LogP contribution in [0.2, 0.25) is 0 Å². The highest BCUT2D eigenvalue weighted by atomic mass is 19.4.